The number of anilines is 2. The number of aromatic nitrogens is 1. The SMILES string of the molecule is C=C(NC)c1c(Oc2cccc(NSCC)c2C)cc(N)n(C)c1=Nc1ccc(I)cc1F. The Balaban J connectivity index is 2.22. The normalized spacial score (nSPS) is 11.4. The van der Waals surface area contributed by atoms with E-state index in [9.17, 15) is 4.39 Å². The van der Waals surface area contributed by atoms with E-state index in [1.807, 2.05) is 25.1 Å². The summed E-state index contributed by atoms with van der Waals surface area (Å²) in [5, 5.41) is 3.06. The number of hydrogen-bond donors (Lipinski definition) is 3. The van der Waals surface area contributed by atoms with Crippen LogP contribution >= 0.6 is 34.5 Å². The smallest absolute Gasteiger partial charge is 0.149 e. The fourth-order valence-corrected chi connectivity index (χ4v) is 4.09. The second-order valence-electron chi connectivity index (χ2n) is 7.19. The molecular formula is C24H27FIN5OS. The molecule has 6 nitrogen and oxygen atoms in total. The average molecular weight is 579 g/mol. The minimum Gasteiger partial charge on any atom is -0.456 e. The third-order valence-electron chi connectivity index (χ3n) is 5.02. The van der Waals surface area contributed by atoms with E-state index in [1.54, 1.807) is 48.8 Å². The summed E-state index contributed by atoms with van der Waals surface area (Å²) in [6.45, 7) is 8.19. The molecule has 33 heavy (non-hydrogen) atoms. The molecule has 0 spiro atoms. The van der Waals surface area contributed by atoms with E-state index < -0.39 is 5.82 Å². The zero-order valence-corrected chi connectivity index (χ0v) is 22.0. The molecule has 1 aromatic heterocycles. The van der Waals surface area contributed by atoms with Gasteiger partial charge in [-0.15, -0.1) is 0 Å². The number of ether oxygens (including phenoxy) is 1. The maximum absolute atomic E-state index is 14.6. The van der Waals surface area contributed by atoms with Crippen molar-refractivity contribution in [2.45, 2.75) is 13.8 Å². The molecule has 0 bridgehead atoms. The highest BCUT2D eigenvalue weighted by molar-refractivity contribution is 14.1. The van der Waals surface area contributed by atoms with Crippen molar-refractivity contribution in [1.29, 1.82) is 0 Å². The molecule has 0 radical (unpaired) electrons. The Bertz CT molecular complexity index is 1260. The lowest BCUT2D eigenvalue weighted by Gasteiger charge is -2.19. The topological polar surface area (TPSA) is 76.6 Å². The fourth-order valence-electron chi connectivity index (χ4n) is 3.11. The second kappa shape index (κ2) is 11.0. The predicted molar refractivity (Wildman–Crippen MR) is 145 cm³/mol. The van der Waals surface area contributed by atoms with Crippen molar-refractivity contribution < 1.29 is 9.13 Å². The Labute approximate surface area is 211 Å². The number of hydrogen-bond acceptors (Lipinski definition) is 6. The maximum Gasteiger partial charge on any atom is 0.149 e. The van der Waals surface area contributed by atoms with Crippen molar-refractivity contribution in [2.75, 3.05) is 23.3 Å². The summed E-state index contributed by atoms with van der Waals surface area (Å²) in [4.78, 5) is 4.60. The molecule has 174 valence electrons. The summed E-state index contributed by atoms with van der Waals surface area (Å²) < 4.78 is 26.8. The number of benzene rings is 2. The minimum atomic E-state index is -0.421. The van der Waals surface area contributed by atoms with Crippen molar-refractivity contribution in [3.05, 3.63) is 75.0 Å². The molecule has 2 aromatic carbocycles. The van der Waals surface area contributed by atoms with Crippen LogP contribution in [-0.2, 0) is 7.05 Å². The largest absolute Gasteiger partial charge is 0.456 e. The molecule has 0 atom stereocenters. The highest BCUT2D eigenvalue weighted by atomic mass is 127. The van der Waals surface area contributed by atoms with Gasteiger partial charge in [-0.1, -0.05) is 31.5 Å². The van der Waals surface area contributed by atoms with Crippen LogP contribution in [0.25, 0.3) is 5.70 Å². The highest BCUT2D eigenvalue weighted by Gasteiger charge is 2.17. The number of pyridine rings is 1. The number of nitrogens with two attached hydrogens (primary N) is 1. The van der Waals surface area contributed by atoms with Crippen LogP contribution in [0.15, 0.2) is 54.0 Å². The first-order chi connectivity index (χ1) is 15.8. The number of nitrogens with one attached hydrogen (secondary N) is 2. The van der Waals surface area contributed by atoms with E-state index in [1.165, 1.54) is 6.07 Å². The van der Waals surface area contributed by atoms with Gasteiger partial charge in [0, 0.05) is 40.7 Å². The van der Waals surface area contributed by atoms with Gasteiger partial charge in [-0.25, -0.2) is 9.38 Å². The maximum atomic E-state index is 14.6. The Kier molecular flexibility index (Phi) is 8.30. The van der Waals surface area contributed by atoms with E-state index in [-0.39, 0.29) is 5.69 Å². The number of nitrogens with zero attached hydrogens (tertiary/aromatic N) is 2. The molecule has 1 heterocycles. The molecule has 3 rings (SSSR count). The van der Waals surface area contributed by atoms with Gasteiger partial charge in [-0.2, -0.15) is 0 Å². The number of nitrogen functional groups attached to an aromatic ring is 1. The third-order valence-corrected chi connectivity index (χ3v) is 6.35. The van der Waals surface area contributed by atoms with Gasteiger partial charge in [0.05, 0.1) is 11.3 Å². The Morgan fingerprint density at radius 2 is 2.03 bits per heavy atom. The molecule has 4 N–H and O–H groups in total. The van der Waals surface area contributed by atoms with Crippen LogP contribution in [0, 0.1) is 16.3 Å². The molecule has 0 saturated heterocycles. The Morgan fingerprint density at radius 1 is 1.27 bits per heavy atom. The van der Waals surface area contributed by atoms with E-state index in [4.69, 9.17) is 10.5 Å². The summed E-state index contributed by atoms with van der Waals surface area (Å²) >= 11 is 3.67. The molecule has 0 unspecified atom stereocenters. The lowest BCUT2D eigenvalue weighted by Crippen LogP contribution is -2.27. The Hall–Kier alpha value is -2.66. The first-order valence-corrected chi connectivity index (χ1v) is 12.3. The van der Waals surface area contributed by atoms with Gasteiger partial charge in [0.1, 0.15) is 34.3 Å². The minimum absolute atomic E-state index is 0.201. The summed E-state index contributed by atoms with van der Waals surface area (Å²) in [7, 11) is 3.53. The zero-order chi connectivity index (χ0) is 24.1. The molecule has 0 saturated carbocycles. The highest BCUT2D eigenvalue weighted by Crippen LogP contribution is 2.34. The van der Waals surface area contributed by atoms with Gasteiger partial charge in [0.2, 0.25) is 0 Å². The summed E-state index contributed by atoms with van der Waals surface area (Å²) in [6.07, 6.45) is 0. The van der Waals surface area contributed by atoms with Crippen molar-refractivity contribution >= 4 is 57.4 Å². The molecule has 0 aliphatic carbocycles. The van der Waals surface area contributed by atoms with Crippen molar-refractivity contribution in [3.63, 3.8) is 0 Å². The van der Waals surface area contributed by atoms with E-state index >= 15 is 0 Å². The van der Waals surface area contributed by atoms with Crippen LogP contribution in [0.1, 0.15) is 18.1 Å². The monoisotopic (exact) mass is 579 g/mol. The summed E-state index contributed by atoms with van der Waals surface area (Å²) in [5.41, 5.74) is 10.0. The second-order valence-corrected chi connectivity index (χ2v) is 9.51. The first kappa shape index (κ1) is 25.0. The molecule has 3 aromatic rings. The van der Waals surface area contributed by atoms with E-state index in [0.29, 0.717) is 34.1 Å². The average Bonchev–Trinajstić information content (AvgIpc) is 2.79. The standard InChI is InChI=1S/C24H27FIN5OS/c1-6-33-30-18-8-7-9-20(14(18)2)32-21-13-22(27)31(5)24(23(21)15(3)28-4)29-19-11-10-16(26)12-17(19)25/h7-13,28,30H,3,6,27H2,1-2,4-5H3. The lowest BCUT2D eigenvalue weighted by molar-refractivity contribution is 0.474. The Morgan fingerprint density at radius 3 is 2.70 bits per heavy atom. The summed E-state index contributed by atoms with van der Waals surface area (Å²) in [6, 6.07) is 12.4. The van der Waals surface area contributed by atoms with Gasteiger partial charge >= 0.3 is 0 Å². The molecule has 0 fully saturated rings. The number of rotatable bonds is 8. The van der Waals surface area contributed by atoms with Gasteiger partial charge in [0.15, 0.2) is 0 Å². The van der Waals surface area contributed by atoms with Crippen LogP contribution in [0.2, 0.25) is 0 Å². The van der Waals surface area contributed by atoms with Gasteiger partial charge in [0.25, 0.3) is 0 Å². The van der Waals surface area contributed by atoms with Gasteiger partial charge < -0.3 is 25.1 Å². The van der Waals surface area contributed by atoms with Gasteiger partial charge in [-0.05, 0) is 59.8 Å². The number of halogens is 2. The van der Waals surface area contributed by atoms with Gasteiger partial charge in [-0.3, -0.25) is 0 Å². The van der Waals surface area contributed by atoms with Crippen LogP contribution in [-0.4, -0.2) is 17.4 Å². The quantitative estimate of drug-likeness (QED) is 0.227. The van der Waals surface area contributed by atoms with Crippen molar-refractivity contribution in [1.82, 2.24) is 9.88 Å². The van der Waals surface area contributed by atoms with E-state index in [2.05, 4.69) is 51.1 Å². The van der Waals surface area contributed by atoms with Crippen LogP contribution in [0.3, 0.4) is 0 Å². The third kappa shape index (κ3) is 5.64. The molecular weight excluding hydrogens is 552 g/mol. The molecule has 0 amide bonds. The summed E-state index contributed by atoms with van der Waals surface area (Å²) in [5.74, 6) is 2.06. The van der Waals surface area contributed by atoms with Crippen molar-refractivity contribution in [3.8, 4) is 11.5 Å². The molecule has 9 heteroatoms. The van der Waals surface area contributed by atoms with Crippen LogP contribution in [0.4, 0.5) is 21.6 Å². The first-order valence-electron chi connectivity index (χ1n) is 10.3. The van der Waals surface area contributed by atoms with Crippen LogP contribution < -0.4 is 26.0 Å². The fraction of sp³-hybridized carbons (Fsp3) is 0.208. The van der Waals surface area contributed by atoms with E-state index in [0.717, 1.165) is 20.6 Å². The van der Waals surface area contributed by atoms with Crippen molar-refractivity contribution in [2.24, 2.45) is 12.0 Å². The zero-order valence-electron chi connectivity index (χ0n) is 19.0. The molecule has 0 aliphatic rings. The van der Waals surface area contributed by atoms with Crippen LogP contribution in [0.5, 0.6) is 11.5 Å². The molecule has 0 aliphatic heterocycles. The lowest BCUT2D eigenvalue weighted by atomic mass is 10.1. The predicted octanol–water partition coefficient (Wildman–Crippen LogP) is 5.95.